The summed E-state index contributed by atoms with van der Waals surface area (Å²) in [6.45, 7) is 5.84. The number of rotatable bonds is 6. The normalized spacial score (nSPS) is 10.4. The zero-order valence-corrected chi connectivity index (χ0v) is 16.7. The molecule has 150 valence electrons. The summed E-state index contributed by atoms with van der Waals surface area (Å²) < 4.78 is 6.70. The number of nitrogens with zero attached hydrogens (tertiary/aromatic N) is 2. The molecule has 0 fully saturated rings. The van der Waals surface area contributed by atoms with Gasteiger partial charge in [0.25, 0.3) is 5.91 Å². The first-order valence-electron chi connectivity index (χ1n) is 9.52. The van der Waals surface area contributed by atoms with Crippen LogP contribution < -0.4 is 10.6 Å². The van der Waals surface area contributed by atoms with Gasteiger partial charge in [-0.25, -0.2) is 9.48 Å². The lowest BCUT2D eigenvalue weighted by Gasteiger charge is -2.13. The van der Waals surface area contributed by atoms with E-state index in [0.717, 1.165) is 16.9 Å². The van der Waals surface area contributed by atoms with Crippen molar-refractivity contribution in [2.45, 2.75) is 27.2 Å². The molecule has 0 unspecified atom stereocenters. The predicted octanol–water partition coefficient (Wildman–Crippen LogP) is 4.56. The van der Waals surface area contributed by atoms with E-state index in [1.807, 2.05) is 44.2 Å². The standard InChI is InChI=1S/C22H24N4O3/c1-4-20-17(14-23-26(20)16-10-7-6-8-11-16)21(27)24-18-12-9-13-19(15(18)3)25-22(28)29-5-2/h6-14H,4-5H2,1-3H3,(H,24,27)(H,25,28). The predicted molar refractivity (Wildman–Crippen MR) is 113 cm³/mol. The van der Waals surface area contributed by atoms with Gasteiger partial charge in [0.05, 0.1) is 29.7 Å². The Balaban J connectivity index is 1.84. The molecule has 2 amide bonds. The van der Waals surface area contributed by atoms with E-state index in [-0.39, 0.29) is 12.5 Å². The van der Waals surface area contributed by atoms with Gasteiger partial charge in [0, 0.05) is 11.4 Å². The highest BCUT2D eigenvalue weighted by Gasteiger charge is 2.18. The van der Waals surface area contributed by atoms with Crippen LogP contribution in [0.5, 0.6) is 0 Å². The number of amides is 2. The van der Waals surface area contributed by atoms with Crippen molar-refractivity contribution in [3.8, 4) is 5.69 Å². The van der Waals surface area contributed by atoms with E-state index in [1.54, 1.807) is 36.0 Å². The molecule has 0 radical (unpaired) electrons. The summed E-state index contributed by atoms with van der Waals surface area (Å²) in [6.07, 6.45) is 1.70. The highest BCUT2D eigenvalue weighted by atomic mass is 16.5. The maximum absolute atomic E-state index is 13.0. The molecule has 0 aliphatic rings. The number of aromatic nitrogens is 2. The highest BCUT2D eigenvalue weighted by Crippen LogP contribution is 2.25. The fourth-order valence-electron chi connectivity index (χ4n) is 3.07. The molecule has 2 aromatic carbocycles. The summed E-state index contributed by atoms with van der Waals surface area (Å²) in [4.78, 5) is 24.7. The first kappa shape index (κ1) is 20.1. The summed E-state index contributed by atoms with van der Waals surface area (Å²) >= 11 is 0. The SMILES string of the molecule is CCOC(=O)Nc1cccc(NC(=O)c2cnn(-c3ccccc3)c2CC)c1C. The van der Waals surface area contributed by atoms with Gasteiger partial charge in [0.2, 0.25) is 0 Å². The van der Waals surface area contributed by atoms with Crippen molar-refractivity contribution in [2.24, 2.45) is 0 Å². The van der Waals surface area contributed by atoms with E-state index in [2.05, 4.69) is 15.7 Å². The Hall–Kier alpha value is -3.61. The van der Waals surface area contributed by atoms with E-state index < -0.39 is 6.09 Å². The van der Waals surface area contributed by atoms with E-state index in [9.17, 15) is 9.59 Å². The second-order valence-corrected chi connectivity index (χ2v) is 6.38. The van der Waals surface area contributed by atoms with Crippen LogP contribution in [-0.4, -0.2) is 28.4 Å². The molecule has 0 spiro atoms. The average Bonchev–Trinajstić information content (AvgIpc) is 3.16. The molecule has 0 bridgehead atoms. The molecule has 2 N–H and O–H groups in total. The van der Waals surface area contributed by atoms with Crippen molar-refractivity contribution in [2.75, 3.05) is 17.2 Å². The minimum Gasteiger partial charge on any atom is -0.450 e. The van der Waals surface area contributed by atoms with Crippen LogP contribution in [-0.2, 0) is 11.2 Å². The third kappa shape index (κ3) is 4.45. The van der Waals surface area contributed by atoms with Crippen molar-refractivity contribution in [3.05, 3.63) is 71.5 Å². The number of ether oxygens (including phenoxy) is 1. The molecule has 1 heterocycles. The second kappa shape index (κ2) is 9.05. The Bertz CT molecular complexity index is 1010. The number of hydrogen-bond acceptors (Lipinski definition) is 4. The summed E-state index contributed by atoms with van der Waals surface area (Å²) in [5.41, 5.74) is 4.17. The molecule has 0 saturated heterocycles. The molecule has 0 aliphatic heterocycles. The van der Waals surface area contributed by atoms with Gasteiger partial charge in [-0.05, 0) is 50.1 Å². The van der Waals surface area contributed by atoms with Crippen LogP contribution in [0.4, 0.5) is 16.2 Å². The Morgan fingerprint density at radius 3 is 2.34 bits per heavy atom. The van der Waals surface area contributed by atoms with E-state index in [0.29, 0.717) is 23.4 Å². The minimum absolute atomic E-state index is 0.250. The quantitative estimate of drug-likeness (QED) is 0.644. The Kier molecular flexibility index (Phi) is 6.29. The molecular formula is C22H24N4O3. The summed E-state index contributed by atoms with van der Waals surface area (Å²) in [5, 5.41) is 10.0. The Labute approximate surface area is 169 Å². The molecule has 0 aliphatic carbocycles. The number of carbonyl (C=O) groups excluding carboxylic acids is 2. The van der Waals surface area contributed by atoms with Gasteiger partial charge in [0.1, 0.15) is 0 Å². The fraction of sp³-hybridized carbons (Fsp3) is 0.227. The van der Waals surface area contributed by atoms with Crippen LogP contribution in [0.2, 0.25) is 0 Å². The molecule has 3 aromatic rings. The number of hydrogen-bond donors (Lipinski definition) is 2. The zero-order chi connectivity index (χ0) is 20.8. The zero-order valence-electron chi connectivity index (χ0n) is 16.7. The van der Waals surface area contributed by atoms with Gasteiger partial charge in [-0.2, -0.15) is 5.10 Å². The monoisotopic (exact) mass is 392 g/mol. The number of benzene rings is 2. The third-order valence-corrected chi connectivity index (χ3v) is 4.54. The van der Waals surface area contributed by atoms with Gasteiger partial charge < -0.3 is 10.1 Å². The van der Waals surface area contributed by atoms with Crippen LogP contribution in [0.1, 0.15) is 35.5 Å². The molecule has 3 rings (SSSR count). The molecule has 0 saturated carbocycles. The lowest BCUT2D eigenvalue weighted by Crippen LogP contribution is -2.17. The van der Waals surface area contributed by atoms with E-state index >= 15 is 0 Å². The maximum atomic E-state index is 13.0. The van der Waals surface area contributed by atoms with Crippen LogP contribution in [0, 0.1) is 6.92 Å². The largest absolute Gasteiger partial charge is 0.450 e. The fourth-order valence-corrected chi connectivity index (χ4v) is 3.07. The summed E-state index contributed by atoms with van der Waals surface area (Å²) in [5.74, 6) is -0.250. The molecule has 0 atom stereocenters. The van der Waals surface area contributed by atoms with Crippen molar-refractivity contribution >= 4 is 23.4 Å². The summed E-state index contributed by atoms with van der Waals surface area (Å²) in [7, 11) is 0. The van der Waals surface area contributed by atoms with E-state index in [1.165, 1.54) is 0 Å². The van der Waals surface area contributed by atoms with Gasteiger partial charge in [0.15, 0.2) is 0 Å². The third-order valence-electron chi connectivity index (χ3n) is 4.54. The second-order valence-electron chi connectivity index (χ2n) is 6.38. The van der Waals surface area contributed by atoms with E-state index in [4.69, 9.17) is 4.74 Å². The maximum Gasteiger partial charge on any atom is 0.411 e. The number of carbonyl (C=O) groups is 2. The average molecular weight is 392 g/mol. The Morgan fingerprint density at radius 1 is 1.00 bits per heavy atom. The van der Waals surface area contributed by atoms with Crippen LogP contribution in [0.3, 0.4) is 0 Å². The molecule has 7 nitrogen and oxygen atoms in total. The van der Waals surface area contributed by atoms with Gasteiger partial charge in [-0.15, -0.1) is 0 Å². The number of anilines is 2. The topological polar surface area (TPSA) is 85.2 Å². The van der Waals surface area contributed by atoms with Gasteiger partial charge in [-0.1, -0.05) is 31.2 Å². The first-order chi connectivity index (χ1) is 14.0. The molecule has 7 heteroatoms. The molecule has 1 aromatic heterocycles. The Morgan fingerprint density at radius 2 is 1.69 bits per heavy atom. The van der Waals surface area contributed by atoms with Crippen LogP contribution >= 0.6 is 0 Å². The number of nitrogens with one attached hydrogen (secondary N) is 2. The van der Waals surface area contributed by atoms with Crippen LogP contribution in [0.15, 0.2) is 54.7 Å². The lowest BCUT2D eigenvalue weighted by molar-refractivity contribution is 0.102. The van der Waals surface area contributed by atoms with Gasteiger partial charge >= 0.3 is 6.09 Å². The molecular weight excluding hydrogens is 368 g/mol. The van der Waals surface area contributed by atoms with Gasteiger partial charge in [-0.3, -0.25) is 10.1 Å². The van der Waals surface area contributed by atoms with Crippen molar-refractivity contribution in [3.63, 3.8) is 0 Å². The first-order valence-corrected chi connectivity index (χ1v) is 9.52. The van der Waals surface area contributed by atoms with Crippen molar-refractivity contribution in [1.29, 1.82) is 0 Å². The smallest absolute Gasteiger partial charge is 0.411 e. The minimum atomic E-state index is -0.531. The number of para-hydroxylation sites is 1. The lowest BCUT2D eigenvalue weighted by atomic mass is 10.1. The van der Waals surface area contributed by atoms with Crippen molar-refractivity contribution < 1.29 is 14.3 Å². The highest BCUT2D eigenvalue weighted by molar-refractivity contribution is 6.06. The molecule has 29 heavy (non-hydrogen) atoms. The summed E-state index contributed by atoms with van der Waals surface area (Å²) in [6, 6.07) is 15.0. The van der Waals surface area contributed by atoms with Crippen molar-refractivity contribution in [1.82, 2.24) is 9.78 Å². The van der Waals surface area contributed by atoms with Crippen LogP contribution in [0.25, 0.3) is 5.69 Å².